The zero-order valence-corrected chi connectivity index (χ0v) is 9.88. The summed E-state index contributed by atoms with van der Waals surface area (Å²) in [5.41, 5.74) is 1.93. The topological polar surface area (TPSA) is 49.4 Å². The molecule has 0 spiro atoms. The summed E-state index contributed by atoms with van der Waals surface area (Å²) in [5.74, 6) is -1.04. The summed E-state index contributed by atoms with van der Waals surface area (Å²) in [6.07, 6.45) is 0. The molecule has 0 radical (unpaired) electrons. The van der Waals surface area contributed by atoms with Crippen LogP contribution in [0.5, 0.6) is 0 Å². The second-order valence-electron chi connectivity index (χ2n) is 3.53. The van der Waals surface area contributed by atoms with Crippen LogP contribution in [-0.2, 0) is 4.79 Å². The molecule has 1 aromatic rings. The third-order valence-electron chi connectivity index (χ3n) is 2.27. The first-order valence-electron chi connectivity index (χ1n) is 4.37. The first-order valence-corrected chi connectivity index (χ1v) is 5.16. The predicted octanol–water partition coefficient (Wildman–Crippen LogP) is 1.65. The van der Waals surface area contributed by atoms with E-state index in [4.69, 9.17) is 0 Å². The minimum Gasteiger partial charge on any atom is -0.377 e. The van der Waals surface area contributed by atoms with E-state index in [9.17, 15) is 9.59 Å². The molecule has 1 aromatic carbocycles. The molecule has 0 unspecified atom stereocenters. The number of nitrogens with one attached hydrogen (secondary N) is 1. The van der Waals surface area contributed by atoms with Crippen molar-refractivity contribution in [3.63, 3.8) is 0 Å². The Morgan fingerprint density at radius 1 is 1.27 bits per heavy atom. The monoisotopic (exact) mass is 268 g/mol. The van der Waals surface area contributed by atoms with E-state index in [1.807, 2.05) is 19.0 Å². The molecule has 5 heteroatoms. The molecule has 1 aliphatic heterocycles. The van der Waals surface area contributed by atoms with Crippen molar-refractivity contribution in [3.05, 3.63) is 22.2 Å². The van der Waals surface area contributed by atoms with Crippen LogP contribution in [0, 0.1) is 0 Å². The Morgan fingerprint density at radius 2 is 1.93 bits per heavy atom. The van der Waals surface area contributed by atoms with Crippen molar-refractivity contribution < 1.29 is 9.59 Å². The largest absolute Gasteiger partial charge is 0.377 e. The third-order valence-corrected chi connectivity index (χ3v) is 2.90. The standard InChI is InChI=1S/C10H9BrN2O2/c1-13(2)8-4-7-5(3-6(8)11)9(14)10(15)12-7/h3-4H,1-2H3,(H,12,14,15). The third kappa shape index (κ3) is 1.52. The number of Topliss-reactive ketones (excluding diaryl/α,β-unsaturated/α-hetero) is 1. The first kappa shape index (κ1) is 10.2. The lowest BCUT2D eigenvalue weighted by Gasteiger charge is -2.15. The molecule has 0 saturated carbocycles. The summed E-state index contributed by atoms with van der Waals surface area (Å²) < 4.78 is 0.802. The zero-order valence-electron chi connectivity index (χ0n) is 8.30. The summed E-state index contributed by atoms with van der Waals surface area (Å²) in [7, 11) is 3.79. The Labute approximate surface area is 95.4 Å². The smallest absolute Gasteiger partial charge is 0.296 e. The van der Waals surface area contributed by atoms with Crippen molar-refractivity contribution in [3.8, 4) is 0 Å². The first-order chi connectivity index (χ1) is 7.00. The Kier molecular flexibility index (Phi) is 2.26. The molecule has 1 heterocycles. The molecule has 4 nitrogen and oxygen atoms in total. The van der Waals surface area contributed by atoms with Crippen LogP contribution in [0.1, 0.15) is 10.4 Å². The van der Waals surface area contributed by atoms with Crippen molar-refractivity contribution >= 4 is 39.0 Å². The number of carbonyl (C=O) groups is 2. The molecular formula is C10H9BrN2O2. The maximum absolute atomic E-state index is 11.4. The van der Waals surface area contributed by atoms with Crippen molar-refractivity contribution in [2.75, 3.05) is 24.3 Å². The highest BCUT2D eigenvalue weighted by Crippen LogP contribution is 2.34. The molecule has 15 heavy (non-hydrogen) atoms. The Bertz CT molecular complexity index is 469. The van der Waals surface area contributed by atoms with E-state index >= 15 is 0 Å². The van der Waals surface area contributed by atoms with E-state index in [-0.39, 0.29) is 0 Å². The Hall–Kier alpha value is -1.36. The highest BCUT2D eigenvalue weighted by molar-refractivity contribution is 9.10. The number of fused-ring (bicyclic) bond motifs is 1. The molecule has 0 fully saturated rings. The lowest BCUT2D eigenvalue weighted by molar-refractivity contribution is -0.112. The zero-order chi connectivity index (χ0) is 11.2. The van der Waals surface area contributed by atoms with Crippen LogP contribution in [0.2, 0.25) is 0 Å². The summed E-state index contributed by atoms with van der Waals surface area (Å²) in [5, 5.41) is 2.53. The number of carbonyl (C=O) groups excluding carboxylic acids is 2. The summed E-state index contributed by atoms with van der Waals surface area (Å²) >= 11 is 3.36. The van der Waals surface area contributed by atoms with Gasteiger partial charge in [-0.25, -0.2) is 0 Å². The Morgan fingerprint density at radius 3 is 2.53 bits per heavy atom. The van der Waals surface area contributed by atoms with Crippen LogP contribution in [0.3, 0.4) is 0 Å². The fourth-order valence-corrected chi connectivity index (χ4v) is 2.20. The predicted molar refractivity (Wildman–Crippen MR) is 61.4 cm³/mol. The van der Waals surface area contributed by atoms with Gasteiger partial charge in [0.1, 0.15) is 0 Å². The molecule has 1 aliphatic rings. The quantitative estimate of drug-likeness (QED) is 0.788. The second-order valence-corrected chi connectivity index (χ2v) is 4.38. The van der Waals surface area contributed by atoms with Gasteiger partial charge < -0.3 is 10.2 Å². The molecule has 78 valence electrons. The normalized spacial score (nSPS) is 13.8. The number of nitrogens with zero attached hydrogens (tertiary/aromatic N) is 1. The van der Waals surface area contributed by atoms with Gasteiger partial charge in [0.2, 0.25) is 0 Å². The minimum absolute atomic E-state index is 0.428. The highest BCUT2D eigenvalue weighted by atomic mass is 79.9. The van der Waals surface area contributed by atoms with Crippen molar-refractivity contribution in [1.29, 1.82) is 0 Å². The van der Waals surface area contributed by atoms with E-state index in [2.05, 4.69) is 21.2 Å². The van der Waals surface area contributed by atoms with Gasteiger partial charge in [-0.15, -0.1) is 0 Å². The van der Waals surface area contributed by atoms with Gasteiger partial charge in [0.15, 0.2) is 0 Å². The van der Waals surface area contributed by atoms with Gasteiger partial charge in [-0.3, -0.25) is 9.59 Å². The number of rotatable bonds is 1. The lowest BCUT2D eigenvalue weighted by atomic mass is 10.1. The maximum Gasteiger partial charge on any atom is 0.296 e. The molecule has 1 N–H and O–H groups in total. The van der Waals surface area contributed by atoms with Crippen LogP contribution in [0.4, 0.5) is 11.4 Å². The van der Waals surface area contributed by atoms with Gasteiger partial charge in [0.05, 0.1) is 16.9 Å². The maximum atomic E-state index is 11.4. The molecule has 0 aromatic heterocycles. The number of benzene rings is 1. The highest BCUT2D eigenvalue weighted by Gasteiger charge is 2.29. The summed E-state index contributed by atoms with van der Waals surface area (Å²) in [6, 6.07) is 3.45. The number of hydrogen-bond acceptors (Lipinski definition) is 3. The molecule has 1 amide bonds. The van der Waals surface area contributed by atoms with Gasteiger partial charge in [-0.2, -0.15) is 0 Å². The molecule has 2 rings (SSSR count). The van der Waals surface area contributed by atoms with Crippen LogP contribution in [0.25, 0.3) is 0 Å². The van der Waals surface area contributed by atoms with Crippen LogP contribution in [0.15, 0.2) is 16.6 Å². The van der Waals surface area contributed by atoms with Crippen LogP contribution >= 0.6 is 15.9 Å². The molecule has 0 saturated heterocycles. The van der Waals surface area contributed by atoms with Gasteiger partial charge >= 0.3 is 0 Å². The molecule has 0 atom stereocenters. The van der Waals surface area contributed by atoms with Gasteiger partial charge in [-0.1, -0.05) is 0 Å². The molecular weight excluding hydrogens is 260 g/mol. The van der Waals surface area contributed by atoms with Crippen molar-refractivity contribution in [2.24, 2.45) is 0 Å². The van der Waals surface area contributed by atoms with Crippen LogP contribution < -0.4 is 10.2 Å². The van der Waals surface area contributed by atoms with E-state index in [0.29, 0.717) is 11.3 Å². The van der Waals surface area contributed by atoms with E-state index < -0.39 is 11.7 Å². The second kappa shape index (κ2) is 3.34. The average molecular weight is 269 g/mol. The van der Waals surface area contributed by atoms with E-state index in [1.165, 1.54) is 0 Å². The number of anilines is 2. The van der Waals surface area contributed by atoms with E-state index in [0.717, 1.165) is 10.2 Å². The SMILES string of the molecule is CN(C)c1cc2c(cc1Br)C(=O)C(=O)N2. The number of hydrogen-bond donors (Lipinski definition) is 1. The van der Waals surface area contributed by atoms with Crippen molar-refractivity contribution in [1.82, 2.24) is 0 Å². The molecule has 0 aliphatic carbocycles. The van der Waals surface area contributed by atoms with Gasteiger partial charge in [-0.05, 0) is 28.1 Å². The summed E-state index contributed by atoms with van der Waals surface area (Å²) in [4.78, 5) is 24.4. The molecule has 0 bridgehead atoms. The number of amides is 1. The van der Waals surface area contributed by atoms with Crippen molar-refractivity contribution in [2.45, 2.75) is 0 Å². The Balaban J connectivity index is 2.59. The lowest BCUT2D eigenvalue weighted by Crippen LogP contribution is -2.12. The van der Waals surface area contributed by atoms with E-state index in [1.54, 1.807) is 12.1 Å². The number of halogens is 1. The summed E-state index contributed by atoms with van der Waals surface area (Å²) in [6.45, 7) is 0. The fraction of sp³-hybridized carbons (Fsp3) is 0.200. The fourth-order valence-electron chi connectivity index (χ4n) is 1.50. The number of ketones is 1. The van der Waals surface area contributed by atoms with Gasteiger partial charge in [0.25, 0.3) is 11.7 Å². The van der Waals surface area contributed by atoms with Gasteiger partial charge in [0, 0.05) is 18.6 Å². The average Bonchev–Trinajstić information content (AvgIpc) is 2.43. The van der Waals surface area contributed by atoms with Crippen LogP contribution in [-0.4, -0.2) is 25.8 Å². The minimum atomic E-state index is -0.562.